The molecule has 1 aliphatic heterocycles. The summed E-state index contributed by atoms with van der Waals surface area (Å²) in [5, 5.41) is 13.0. The van der Waals surface area contributed by atoms with Gasteiger partial charge in [-0.15, -0.1) is 0 Å². The number of benzene rings is 3. The lowest BCUT2D eigenvalue weighted by atomic mass is 9.83. The maximum Gasteiger partial charge on any atom is 0.334 e. The molecule has 0 spiro atoms. The Balaban J connectivity index is 1.59. The van der Waals surface area contributed by atoms with Crippen LogP contribution in [0.5, 0.6) is 11.5 Å². The van der Waals surface area contributed by atoms with E-state index in [9.17, 15) is 9.90 Å². The summed E-state index contributed by atoms with van der Waals surface area (Å²) < 4.78 is 6.05. The molecule has 2 N–H and O–H groups in total. The number of fused-ring (bicyclic) bond motifs is 1. The first-order valence-corrected chi connectivity index (χ1v) is 10.6. The Morgan fingerprint density at radius 3 is 2.45 bits per heavy atom. The fourth-order valence-electron chi connectivity index (χ4n) is 3.42. The van der Waals surface area contributed by atoms with E-state index >= 15 is 0 Å². The predicted octanol–water partition coefficient (Wildman–Crippen LogP) is 4.62. The molecule has 1 aliphatic rings. The molecule has 0 radical (unpaired) electrons. The summed E-state index contributed by atoms with van der Waals surface area (Å²) in [6.07, 6.45) is 0. The lowest BCUT2D eigenvalue weighted by Gasteiger charge is -2.33. The monoisotopic (exact) mass is 421 g/mol. The van der Waals surface area contributed by atoms with Crippen LogP contribution in [0.25, 0.3) is 0 Å². The Bertz CT molecular complexity index is 1020. The van der Waals surface area contributed by atoms with Crippen LogP contribution in [0.15, 0.2) is 78.9 Å². The van der Waals surface area contributed by atoms with Gasteiger partial charge in [-0.25, -0.2) is 4.79 Å². The number of carbonyl (C=O) groups excluding carboxylic acids is 1. The van der Waals surface area contributed by atoms with Crippen molar-refractivity contribution in [3.8, 4) is 11.5 Å². The van der Waals surface area contributed by atoms with Gasteiger partial charge in [-0.1, -0.05) is 90.7 Å². The number of phenols is 1. The highest BCUT2D eigenvalue weighted by Crippen LogP contribution is 2.40. The third-order valence-electron chi connectivity index (χ3n) is 4.77. The standard InChI is InChI=1S/C23H19NO3S2/c25-17-11-12-18-19(13-17)27-22(26)21(20(18)16-9-5-2-6-10-16)24-23(28)29-14-15-7-3-1-4-8-15/h1-13,20-21,25H,14H2,(H,24,28). The minimum atomic E-state index is -0.648. The van der Waals surface area contributed by atoms with Crippen molar-refractivity contribution in [1.29, 1.82) is 0 Å². The number of carbonyl (C=O) groups is 1. The molecule has 0 amide bonds. The zero-order valence-corrected chi connectivity index (χ0v) is 17.1. The van der Waals surface area contributed by atoms with Gasteiger partial charge in [-0.05, 0) is 17.2 Å². The summed E-state index contributed by atoms with van der Waals surface area (Å²) in [6, 6.07) is 24.0. The molecule has 2 atom stereocenters. The molecule has 0 bridgehead atoms. The first-order valence-electron chi connectivity index (χ1n) is 9.18. The van der Waals surface area contributed by atoms with E-state index in [4.69, 9.17) is 17.0 Å². The van der Waals surface area contributed by atoms with E-state index in [0.717, 1.165) is 22.4 Å². The SMILES string of the molecule is O=C1Oc2cc(O)ccc2C(c2ccccc2)C1NC(=S)SCc1ccccc1. The molecular formula is C23H19NO3S2. The van der Waals surface area contributed by atoms with Crippen LogP contribution in [0.1, 0.15) is 22.6 Å². The Hall–Kier alpha value is -2.83. The Morgan fingerprint density at radius 2 is 1.72 bits per heavy atom. The highest BCUT2D eigenvalue weighted by atomic mass is 32.2. The Kier molecular flexibility index (Phi) is 5.83. The van der Waals surface area contributed by atoms with Gasteiger partial charge in [0.1, 0.15) is 21.9 Å². The summed E-state index contributed by atoms with van der Waals surface area (Å²) in [4.78, 5) is 12.8. The maximum absolute atomic E-state index is 12.8. The number of hydrogen-bond donors (Lipinski definition) is 2. The lowest BCUT2D eigenvalue weighted by Crippen LogP contribution is -2.48. The number of esters is 1. The summed E-state index contributed by atoms with van der Waals surface area (Å²) in [5.41, 5.74) is 2.97. The average molecular weight is 422 g/mol. The predicted molar refractivity (Wildman–Crippen MR) is 119 cm³/mol. The van der Waals surface area contributed by atoms with Crippen molar-refractivity contribution in [2.45, 2.75) is 17.7 Å². The van der Waals surface area contributed by atoms with Crippen molar-refractivity contribution in [1.82, 2.24) is 5.32 Å². The largest absolute Gasteiger partial charge is 0.508 e. The molecule has 0 saturated heterocycles. The molecule has 146 valence electrons. The maximum atomic E-state index is 12.8. The second-order valence-corrected chi connectivity index (χ2v) is 8.37. The quantitative estimate of drug-likeness (QED) is 0.364. The molecule has 3 aromatic rings. The summed E-state index contributed by atoms with van der Waals surface area (Å²) in [5.74, 6) is 0.464. The van der Waals surface area contributed by atoms with E-state index in [1.807, 2.05) is 60.7 Å². The Morgan fingerprint density at radius 1 is 1.03 bits per heavy atom. The number of thiocarbonyl (C=S) groups is 1. The van der Waals surface area contributed by atoms with Crippen molar-refractivity contribution < 1.29 is 14.6 Å². The second-order valence-electron chi connectivity index (χ2n) is 6.72. The van der Waals surface area contributed by atoms with E-state index in [1.54, 1.807) is 12.1 Å². The smallest absolute Gasteiger partial charge is 0.334 e. The fraction of sp³-hybridized carbons (Fsp3) is 0.130. The number of thioether (sulfide) groups is 1. The normalized spacial score (nSPS) is 17.9. The summed E-state index contributed by atoms with van der Waals surface area (Å²) >= 11 is 6.99. The van der Waals surface area contributed by atoms with E-state index < -0.39 is 12.0 Å². The zero-order chi connectivity index (χ0) is 20.2. The molecule has 29 heavy (non-hydrogen) atoms. The van der Waals surface area contributed by atoms with Crippen molar-refractivity contribution in [3.63, 3.8) is 0 Å². The van der Waals surface area contributed by atoms with Gasteiger partial charge in [0.2, 0.25) is 0 Å². The van der Waals surface area contributed by atoms with Gasteiger partial charge in [0.25, 0.3) is 0 Å². The van der Waals surface area contributed by atoms with Crippen molar-refractivity contribution >= 4 is 34.3 Å². The highest BCUT2D eigenvalue weighted by molar-refractivity contribution is 8.22. The molecule has 6 heteroatoms. The third-order valence-corrected chi connectivity index (χ3v) is 6.10. The van der Waals surface area contributed by atoms with E-state index in [0.29, 0.717) is 10.1 Å². The minimum absolute atomic E-state index is 0.0590. The molecule has 4 rings (SSSR count). The molecule has 0 aliphatic carbocycles. The molecule has 1 heterocycles. The van der Waals surface area contributed by atoms with Gasteiger partial charge >= 0.3 is 5.97 Å². The number of nitrogens with one attached hydrogen (secondary N) is 1. The van der Waals surface area contributed by atoms with Crippen LogP contribution in [0, 0.1) is 0 Å². The van der Waals surface area contributed by atoms with Gasteiger partial charge in [-0.3, -0.25) is 0 Å². The number of rotatable bonds is 4. The number of ether oxygens (including phenoxy) is 1. The third kappa shape index (κ3) is 4.44. The van der Waals surface area contributed by atoms with Gasteiger partial charge in [0.15, 0.2) is 0 Å². The molecule has 4 nitrogen and oxygen atoms in total. The van der Waals surface area contributed by atoms with Gasteiger partial charge < -0.3 is 15.2 Å². The number of aromatic hydroxyl groups is 1. The molecule has 0 saturated carbocycles. The van der Waals surface area contributed by atoms with Gasteiger partial charge in [0, 0.05) is 23.3 Å². The van der Waals surface area contributed by atoms with Crippen LogP contribution in [0.2, 0.25) is 0 Å². The molecule has 0 aromatic heterocycles. The van der Waals surface area contributed by atoms with Crippen molar-refractivity contribution in [2.24, 2.45) is 0 Å². The Labute approximate surface area is 178 Å². The van der Waals surface area contributed by atoms with E-state index in [2.05, 4.69) is 5.32 Å². The van der Waals surface area contributed by atoms with Crippen molar-refractivity contribution in [2.75, 3.05) is 0 Å². The first-order chi connectivity index (χ1) is 14.1. The first kappa shape index (κ1) is 19.5. The van der Waals surface area contributed by atoms with Crippen LogP contribution in [-0.4, -0.2) is 21.4 Å². The fourth-order valence-corrected chi connectivity index (χ4v) is 4.43. The number of phenolic OH excluding ortho intramolecular Hbond substituents is 1. The second kappa shape index (κ2) is 8.68. The lowest BCUT2D eigenvalue weighted by molar-refractivity contribution is -0.137. The van der Waals surface area contributed by atoms with Crippen LogP contribution in [0.3, 0.4) is 0 Å². The summed E-state index contributed by atoms with van der Waals surface area (Å²) in [6.45, 7) is 0. The van der Waals surface area contributed by atoms with E-state index in [-0.39, 0.29) is 11.7 Å². The van der Waals surface area contributed by atoms with Gasteiger partial charge in [-0.2, -0.15) is 0 Å². The summed E-state index contributed by atoms with van der Waals surface area (Å²) in [7, 11) is 0. The molecule has 3 aromatic carbocycles. The zero-order valence-electron chi connectivity index (χ0n) is 15.4. The average Bonchev–Trinajstić information content (AvgIpc) is 2.74. The molecule has 2 unspecified atom stereocenters. The molecule has 0 fully saturated rings. The van der Waals surface area contributed by atoms with Crippen LogP contribution < -0.4 is 10.1 Å². The van der Waals surface area contributed by atoms with Crippen molar-refractivity contribution in [3.05, 3.63) is 95.6 Å². The molecular weight excluding hydrogens is 402 g/mol. The number of hydrogen-bond acceptors (Lipinski definition) is 5. The van der Waals surface area contributed by atoms with E-state index in [1.165, 1.54) is 17.8 Å². The van der Waals surface area contributed by atoms with Gasteiger partial charge in [0.05, 0.1) is 0 Å². The highest BCUT2D eigenvalue weighted by Gasteiger charge is 2.39. The van der Waals surface area contributed by atoms with Crippen LogP contribution >= 0.6 is 24.0 Å². The van der Waals surface area contributed by atoms with Crippen LogP contribution in [0.4, 0.5) is 0 Å². The topological polar surface area (TPSA) is 58.6 Å². The van der Waals surface area contributed by atoms with Crippen LogP contribution in [-0.2, 0) is 10.5 Å². The minimum Gasteiger partial charge on any atom is -0.508 e.